The van der Waals surface area contributed by atoms with Gasteiger partial charge < -0.3 is 15.9 Å². The molecule has 0 aliphatic carbocycles. The van der Waals surface area contributed by atoms with E-state index < -0.39 is 18.2 Å². The lowest BCUT2D eigenvalue weighted by Crippen LogP contribution is -2.44. The summed E-state index contributed by atoms with van der Waals surface area (Å²) < 4.78 is 0. The van der Waals surface area contributed by atoms with Crippen molar-refractivity contribution in [2.45, 2.75) is 57.8 Å². The summed E-state index contributed by atoms with van der Waals surface area (Å²) in [6.45, 7) is 3.98. The van der Waals surface area contributed by atoms with Gasteiger partial charge in [-0.2, -0.15) is 0 Å². The van der Waals surface area contributed by atoms with Crippen LogP contribution in [0.3, 0.4) is 0 Å². The molecule has 0 spiro atoms. The molecule has 0 aromatic carbocycles. The van der Waals surface area contributed by atoms with Gasteiger partial charge in [-0.1, -0.05) is 26.7 Å². The van der Waals surface area contributed by atoms with Crippen LogP contribution >= 0.6 is 0 Å². The molecule has 0 aromatic heterocycles. The van der Waals surface area contributed by atoms with E-state index in [-0.39, 0.29) is 0 Å². The van der Waals surface area contributed by atoms with Crippen molar-refractivity contribution in [3.8, 4) is 0 Å². The normalized spacial score (nSPS) is 18.8. The number of hydrogen-bond donors (Lipinski definition) is 3. The number of hydrogen-bond acceptors (Lipinski definition) is 3. The SMILES string of the molecule is CCCC(O)C(N)C(O)CCC. The van der Waals surface area contributed by atoms with Crippen LogP contribution in [0.25, 0.3) is 0 Å². The predicted octanol–water partition coefficient (Wildman–Crippen LogP) is 0.636. The summed E-state index contributed by atoms with van der Waals surface area (Å²) in [5, 5.41) is 18.9. The standard InChI is InChI=1S/C9H21NO2/c1-3-5-7(11)9(10)8(12)6-4-2/h7-9,11-12H,3-6,10H2,1-2H3. The largest absolute Gasteiger partial charge is 0.391 e. The Hall–Kier alpha value is -0.120. The first-order valence-electron chi connectivity index (χ1n) is 4.75. The lowest BCUT2D eigenvalue weighted by molar-refractivity contribution is 0.0461. The molecule has 4 N–H and O–H groups in total. The van der Waals surface area contributed by atoms with E-state index in [1.165, 1.54) is 0 Å². The Kier molecular flexibility index (Phi) is 6.34. The van der Waals surface area contributed by atoms with Crippen LogP contribution in [-0.4, -0.2) is 28.5 Å². The smallest absolute Gasteiger partial charge is 0.0716 e. The van der Waals surface area contributed by atoms with Crippen molar-refractivity contribution < 1.29 is 10.2 Å². The van der Waals surface area contributed by atoms with Crippen molar-refractivity contribution >= 4 is 0 Å². The van der Waals surface area contributed by atoms with Crippen molar-refractivity contribution in [3.05, 3.63) is 0 Å². The van der Waals surface area contributed by atoms with E-state index in [0.717, 1.165) is 12.8 Å². The van der Waals surface area contributed by atoms with Gasteiger partial charge in [-0.15, -0.1) is 0 Å². The molecule has 0 bridgehead atoms. The van der Waals surface area contributed by atoms with E-state index in [1.807, 2.05) is 13.8 Å². The Morgan fingerprint density at radius 3 is 1.58 bits per heavy atom. The van der Waals surface area contributed by atoms with Gasteiger partial charge in [-0.05, 0) is 12.8 Å². The maximum absolute atomic E-state index is 9.43. The highest BCUT2D eigenvalue weighted by Crippen LogP contribution is 2.08. The number of aliphatic hydroxyl groups excluding tert-OH is 2. The first-order chi connectivity index (χ1) is 5.63. The van der Waals surface area contributed by atoms with Gasteiger partial charge in [0.15, 0.2) is 0 Å². The Balaban J connectivity index is 3.73. The van der Waals surface area contributed by atoms with Crippen LogP contribution in [0.15, 0.2) is 0 Å². The molecular formula is C9H21NO2. The minimum Gasteiger partial charge on any atom is -0.391 e. The van der Waals surface area contributed by atoms with Crippen LogP contribution in [0.5, 0.6) is 0 Å². The van der Waals surface area contributed by atoms with E-state index in [4.69, 9.17) is 5.73 Å². The van der Waals surface area contributed by atoms with Gasteiger partial charge in [0.05, 0.1) is 18.2 Å². The zero-order valence-corrected chi connectivity index (χ0v) is 8.03. The summed E-state index contributed by atoms with van der Waals surface area (Å²) in [6, 6.07) is -0.482. The van der Waals surface area contributed by atoms with Gasteiger partial charge in [-0.25, -0.2) is 0 Å². The van der Waals surface area contributed by atoms with Gasteiger partial charge >= 0.3 is 0 Å². The van der Waals surface area contributed by atoms with Crippen LogP contribution in [-0.2, 0) is 0 Å². The van der Waals surface area contributed by atoms with Gasteiger partial charge in [0.2, 0.25) is 0 Å². The Morgan fingerprint density at radius 2 is 1.33 bits per heavy atom. The number of aliphatic hydroxyl groups is 2. The summed E-state index contributed by atoms with van der Waals surface area (Å²) in [5.41, 5.74) is 5.63. The highest BCUT2D eigenvalue weighted by atomic mass is 16.3. The third-order valence-corrected chi connectivity index (χ3v) is 2.06. The van der Waals surface area contributed by atoms with Crippen molar-refractivity contribution in [3.63, 3.8) is 0 Å². The van der Waals surface area contributed by atoms with Gasteiger partial charge in [0.25, 0.3) is 0 Å². The zero-order valence-electron chi connectivity index (χ0n) is 8.03. The summed E-state index contributed by atoms with van der Waals surface area (Å²) in [7, 11) is 0. The van der Waals surface area contributed by atoms with E-state index in [0.29, 0.717) is 12.8 Å². The lowest BCUT2D eigenvalue weighted by Gasteiger charge is -2.23. The summed E-state index contributed by atoms with van der Waals surface area (Å²) >= 11 is 0. The van der Waals surface area contributed by atoms with Crippen molar-refractivity contribution in [2.24, 2.45) is 5.73 Å². The first kappa shape index (κ1) is 11.9. The average Bonchev–Trinajstić information content (AvgIpc) is 2.04. The fourth-order valence-electron chi connectivity index (χ4n) is 1.23. The molecule has 0 amide bonds. The monoisotopic (exact) mass is 175 g/mol. The Morgan fingerprint density at radius 1 is 1.00 bits per heavy atom. The molecule has 74 valence electrons. The number of nitrogens with two attached hydrogens (primary N) is 1. The first-order valence-corrected chi connectivity index (χ1v) is 4.75. The second-order valence-corrected chi connectivity index (χ2v) is 3.29. The third-order valence-electron chi connectivity index (χ3n) is 2.06. The maximum atomic E-state index is 9.43. The summed E-state index contributed by atoms with van der Waals surface area (Å²) in [4.78, 5) is 0. The fraction of sp³-hybridized carbons (Fsp3) is 1.00. The lowest BCUT2D eigenvalue weighted by atomic mass is 9.99. The fourth-order valence-corrected chi connectivity index (χ4v) is 1.23. The molecule has 0 aliphatic rings. The van der Waals surface area contributed by atoms with Crippen LogP contribution in [0.2, 0.25) is 0 Å². The molecule has 0 heterocycles. The molecule has 3 heteroatoms. The summed E-state index contributed by atoms with van der Waals surface area (Å²) in [5.74, 6) is 0. The molecular weight excluding hydrogens is 154 g/mol. The van der Waals surface area contributed by atoms with Gasteiger partial charge in [-0.3, -0.25) is 0 Å². The molecule has 12 heavy (non-hydrogen) atoms. The predicted molar refractivity (Wildman–Crippen MR) is 49.8 cm³/mol. The molecule has 0 saturated carbocycles. The third kappa shape index (κ3) is 4.04. The van der Waals surface area contributed by atoms with E-state index in [2.05, 4.69) is 0 Å². The van der Waals surface area contributed by atoms with Crippen LogP contribution in [0.4, 0.5) is 0 Å². The molecule has 0 aromatic rings. The van der Waals surface area contributed by atoms with Gasteiger partial charge in [0.1, 0.15) is 0 Å². The quantitative estimate of drug-likeness (QED) is 0.555. The molecule has 0 fully saturated rings. The average molecular weight is 175 g/mol. The minimum atomic E-state index is -0.559. The zero-order chi connectivity index (χ0) is 9.56. The Bertz CT molecular complexity index is 96.7. The number of rotatable bonds is 6. The molecule has 0 aliphatic heterocycles. The van der Waals surface area contributed by atoms with E-state index in [9.17, 15) is 10.2 Å². The second-order valence-electron chi connectivity index (χ2n) is 3.29. The highest BCUT2D eigenvalue weighted by Gasteiger charge is 2.21. The van der Waals surface area contributed by atoms with Crippen LogP contribution in [0, 0.1) is 0 Å². The topological polar surface area (TPSA) is 66.5 Å². The highest BCUT2D eigenvalue weighted by molar-refractivity contribution is 4.78. The summed E-state index contributed by atoms with van der Waals surface area (Å²) in [6.07, 6.45) is 2.01. The van der Waals surface area contributed by atoms with E-state index >= 15 is 0 Å². The molecule has 0 rings (SSSR count). The Labute approximate surface area is 74.6 Å². The molecule has 3 nitrogen and oxygen atoms in total. The second kappa shape index (κ2) is 6.40. The van der Waals surface area contributed by atoms with Gasteiger partial charge in [0, 0.05) is 0 Å². The minimum absolute atomic E-state index is 0.482. The maximum Gasteiger partial charge on any atom is 0.0716 e. The molecule has 0 saturated heterocycles. The van der Waals surface area contributed by atoms with Crippen molar-refractivity contribution in [1.29, 1.82) is 0 Å². The molecule has 0 radical (unpaired) electrons. The van der Waals surface area contributed by atoms with Crippen molar-refractivity contribution in [1.82, 2.24) is 0 Å². The van der Waals surface area contributed by atoms with Crippen LogP contribution < -0.4 is 5.73 Å². The van der Waals surface area contributed by atoms with E-state index in [1.54, 1.807) is 0 Å². The van der Waals surface area contributed by atoms with Crippen LogP contribution in [0.1, 0.15) is 39.5 Å². The van der Waals surface area contributed by atoms with Crippen molar-refractivity contribution in [2.75, 3.05) is 0 Å². The molecule has 2 atom stereocenters. The molecule has 2 unspecified atom stereocenters.